The summed E-state index contributed by atoms with van der Waals surface area (Å²) in [7, 11) is 0. The van der Waals surface area contributed by atoms with Crippen LogP contribution in [0.2, 0.25) is 5.02 Å². The van der Waals surface area contributed by atoms with Gasteiger partial charge in [-0.3, -0.25) is 9.59 Å². The molecule has 0 aromatic heterocycles. The van der Waals surface area contributed by atoms with Crippen LogP contribution < -0.4 is 5.32 Å². The zero-order chi connectivity index (χ0) is 20.8. The molecule has 0 aliphatic carbocycles. The van der Waals surface area contributed by atoms with Gasteiger partial charge >= 0.3 is 0 Å². The van der Waals surface area contributed by atoms with Gasteiger partial charge in [-0.25, -0.2) is 0 Å². The normalized spacial score (nSPS) is 12.0. The Morgan fingerprint density at radius 3 is 2.21 bits per heavy atom. The van der Waals surface area contributed by atoms with Crippen molar-refractivity contribution in [3.63, 3.8) is 0 Å². The van der Waals surface area contributed by atoms with Gasteiger partial charge in [-0.05, 0) is 51.8 Å². The van der Waals surface area contributed by atoms with Crippen LogP contribution >= 0.6 is 11.6 Å². The van der Waals surface area contributed by atoms with E-state index in [1.54, 1.807) is 17.9 Å². The Morgan fingerprint density at radius 1 is 1.04 bits per heavy atom. The maximum Gasteiger partial charge on any atom is 0.242 e. The number of halogens is 1. The summed E-state index contributed by atoms with van der Waals surface area (Å²) in [5.74, 6) is -0.271. The molecule has 0 bridgehead atoms. The summed E-state index contributed by atoms with van der Waals surface area (Å²) >= 11 is 6.30. The first-order chi connectivity index (χ1) is 13.2. The van der Waals surface area contributed by atoms with Crippen molar-refractivity contribution in [1.29, 1.82) is 0 Å². The van der Waals surface area contributed by atoms with E-state index in [9.17, 15) is 9.59 Å². The Morgan fingerprint density at radius 2 is 1.64 bits per heavy atom. The van der Waals surface area contributed by atoms with Gasteiger partial charge in [0.1, 0.15) is 6.04 Å². The molecular weight excluding hydrogens is 372 g/mol. The van der Waals surface area contributed by atoms with E-state index in [4.69, 9.17) is 11.6 Å². The number of hydrogen-bond donors (Lipinski definition) is 1. The largest absolute Gasteiger partial charge is 0.352 e. The summed E-state index contributed by atoms with van der Waals surface area (Å²) in [5.41, 5.74) is 4.00. The van der Waals surface area contributed by atoms with Crippen molar-refractivity contribution in [3.05, 3.63) is 69.7 Å². The number of amides is 2. The quantitative estimate of drug-likeness (QED) is 0.746. The van der Waals surface area contributed by atoms with Crippen molar-refractivity contribution in [2.24, 2.45) is 0 Å². The van der Waals surface area contributed by atoms with Crippen molar-refractivity contribution < 1.29 is 9.59 Å². The third kappa shape index (κ3) is 6.10. The van der Waals surface area contributed by atoms with Gasteiger partial charge in [0, 0.05) is 17.6 Å². The van der Waals surface area contributed by atoms with E-state index in [-0.39, 0.29) is 30.8 Å². The van der Waals surface area contributed by atoms with Crippen LogP contribution in [0.15, 0.2) is 42.5 Å². The minimum Gasteiger partial charge on any atom is -0.352 e. The van der Waals surface area contributed by atoms with Crippen LogP contribution in [0.4, 0.5) is 0 Å². The molecule has 1 atom stereocenters. The zero-order valence-electron chi connectivity index (χ0n) is 17.3. The molecule has 0 unspecified atom stereocenters. The molecule has 0 spiro atoms. The van der Waals surface area contributed by atoms with Gasteiger partial charge in [-0.1, -0.05) is 59.1 Å². The van der Waals surface area contributed by atoms with Gasteiger partial charge in [0.15, 0.2) is 0 Å². The minimum atomic E-state index is -0.600. The molecule has 0 fully saturated rings. The fraction of sp³-hybridized carbons (Fsp3) is 0.391. The number of nitrogens with one attached hydrogen (secondary N) is 1. The van der Waals surface area contributed by atoms with Gasteiger partial charge in [0.2, 0.25) is 11.8 Å². The molecule has 2 rings (SSSR count). The van der Waals surface area contributed by atoms with E-state index in [2.05, 4.69) is 11.4 Å². The maximum absolute atomic E-state index is 13.2. The second kappa shape index (κ2) is 9.74. The van der Waals surface area contributed by atoms with Crippen molar-refractivity contribution in [2.75, 3.05) is 0 Å². The van der Waals surface area contributed by atoms with Crippen LogP contribution in [0.5, 0.6) is 0 Å². The molecule has 0 saturated carbocycles. The predicted molar refractivity (Wildman–Crippen MR) is 114 cm³/mol. The summed E-state index contributed by atoms with van der Waals surface area (Å²) < 4.78 is 0. The Bertz CT molecular complexity index is 828. The van der Waals surface area contributed by atoms with E-state index >= 15 is 0 Å². The average molecular weight is 401 g/mol. The van der Waals surface area contributed by atoms with Crippen molar-refractivity contribution >= 4 is 23.4 Å². The number of carbonyl (C=O) groups excluding carboxylic acids is 2. The topological polar surface area (TPSA) is 49.4 Å². The standard InChI is InChI=1S/C23H29ClN2O2/c1-15(2)25-23(28)18(5)26(14-20-8-6-7-9-21(20)24)22(27)13-19-11-16(3)10-17(4)12-19/h6-12,15,18H,13-14H2,1-5H3,(H,25,28)/t18-/m0/s1. The first-order valence-electron chi connectivity index (χ1n) is 9.57. The predicted octanol–water partition coefficient (Wildman–Crippen LogP) is 4.44. The highest BCUT2D eigenvalue weighted by molar-refractivity contribution is 6.31. The second-order valence-corrected chi connectivity index (χ2v) is 8.03. The number of rotatable bonds is 7. The van der Waals surface area contributed by atoms with Crippen molar-refractivity contribution in [3.8, 4) is 0 Å². The molecule has 0 heterocycles. The lowest BCUT2D eigenvalue weighted by Crippen LogP contribution is -2.49. The van der Waals surface area contributed by atoms with Crippen LogP contribution in [-0.2, 0) is 22.6 Å². The van der Waals surface area contributed by atoms with Gasteiger partial charge in [-0.15, -0.1) is 0 Å². The van der Waals surface area contributed by atoms with Crippen LogP contribution in [0.1, 0.15) is 43.0 Å². The highest BCUT2D eigenvalue weighted by Crippen LogP contribution is 2.20. The summed E-state index contributed by atoms with van der Waals surface area (Å²) in [6.07, 6.45) is 0.242. The Kier molecular flexibility index (Phi) is 7.64. The molecule has 0 radical (unpaired) electrons. The molecular formula is C23H29ClN2O2. The Labute approximate surface area is 172 Å². The molecule has 0 saturated heterocycles. The number of benzene rings is 2. The van der Waals surface area contributed by atoms with E-state index < -0.39 is 6.04 Å². The first-order valence-corrected chi connectivity index (χ1v) is 9.95. The van der Waals surface area contributed by atoms with E-state index in [1.807, 2.05) is 58.0 Å². The summed E-state index contributed by atoms with van der Waals surface area (Å²) in [6, 6.07) is 12.9. The van der Waals surface area contributed by atoms with E-state index in [0.717, 1.165) is 22.3 Å². The van der Waals surface area contributed by atoms with Gasteiger partial charge in [-0.2, -0.15) is 0 Å². The molecule has 4 nitrogen and oxygen atoms in total. The molecule has 2 aromatic carbocycles. The van der Waals surface area contributed by atoms with Gasteiger partial charge in [0.25, 0.3) is 0 Å². The highest BCUT2D eigenvalue weighted by Gasteiger charge is 2.27. The zero-order valence-corrected chi connectivity index (χ0v) is 18.0. The van der Waals surface area contributed by atoms with Crippen molar-refractivity contribution in [1.82, 2.24) is 10.2 Å². The molecule has 2 amide bonds. The molecule has 0 aliphatic heterocycles. The van der Waals surface area contributed by atoms with Crippen LogP contribution in [0, 0.1) is 13.8 Å². The van der Waals surface area contributed by atoms with Gasteiger partial charge in [0.05, 0.1) is 6.42 Å². The summed E-state index contributed by atoms with van der Waals surface area (Å²) in [5, 5.41) is 3.48. The smallest absolute Gasteiger partial charge is 0.242 e. The monoisotopic (exact) mass is 400 g/mol. The van der Waals surface area contributed by atoms with Crippen molar-refractivity contribution in [2.45, 2.75) is 59.7 Å². The maximum atomic E-state index is 13.2. The first kappa shape index (κ1) is 22.0. The Hall–Kier alpha value is -2.33. The number of aryl methyl sites for hydroxylation is 2. The van der Waals surface area contributed by atoms with Crippen LogP contribution in [0.25, 0.3) is 0 Å². The van der Waals surface area contributed by atoms with Crippen LogP contribution in [-0.4, -0.2) is 28.8 Å². The molecule has 0 aliphatic rings. The molecule has 2 aromatic rings. The third-order valence-electron chi connectivity index (χ3n) is 4.53. The molecule has 28 heavy (non-hydrogen) atoms. The molecule has 1 N–H and O–H groups in total. The molecule has 150 valence electrons. The minimum absolute atomic E-state index is 0.00615. The average Bonchev–Trinajstić information content (AvgIpc) is 2.58. The number of hydrogen-bond acceptors (Lipinski definition) is 2. The van der Waals surface area contributed by atoms with E-state index in [0.29, 0.717) is 5.02 Å². The SMILES string of the molecule is Cc1cc(C)cc(CC(=O)N(Cc2ccccc2Cl)[C@@H](C)C(=O)NC(C)C)c1. The fourth-order valence-corrected chi connectivity index (χ4v) is 3.44. The second-order valence-electron chi connectivity index (χ2n) is 7.63. The lowest BCUT2D eigenvalue weighted by molar-refractivity contribution is -0.140. The molecule has 5 heteroatoms. The Balaban J connectivity index is 2.29. The number of carbonyl (C=O) groups is 2. The fourth-order valence-electron chi connectivity index (χ4n) is 3.25. The summed E-state index contributed by atoms with van der Waals surface area (Å²) in [6.45, 7) is 9.88. The highest BCUT2D eigenvalue weighted by atomic mass is 35.5. The van der Waals surface area contributed by atoms with E-state index in [1.165, 1.54) is 0 Å². The van der Waals surface area contributed by atoms with Crippen LogP contribution in [0.3, 0.4) is 0 Å². The third-order valence-corrected chi connectivity index (χ3v) is 4.90. The lowest BCUT2D eigenvalue weighted by atomic mass is 10.0. The van der Waals surface area contributed by atoms with Gasteiger partial charge < -0.3 is 10.2 Å². The lowest BCUT2D eigenvalue weighted by Gasteiger charge is -2.30. The summed E-state index contributed by atoms with van der Waals surface area (Å²) in [4.78, 5) is 27.4. The number of nitrogens with zero attached hydrogens (tertiary/aromatic N) is 1.